The maximum absolute atomic E-state index is 12.4. The fourth-order valence-electron chi connectivity index (χ4n) is 4.00. The number of aryl methyl sites for hydroxylation is 2. The van der Waals surface area contributed by atoms with Crippen molar-refractivity contribution in [2.75, 3.05) is 13.1 Å². The highest BCUT2D eigenvalue weighted by atomic mass is 16.6. The number of hydrogen-bond acceptors (Lipinski definition) is 7. The molecule has 34 heavy (non-hydrogen) atoms. The summed E-state index contributed by atoms with van der Waals surface area (Å²) in [5, 5.41) is 16.9. The van der Waals surface area contributed by atoms with Crippen molar-refractivity contribution < 1.29 is 14.3 Å². The Morgan fingerprint density at radius 2 is 2.15 bits per heavy atom. The quantitative estimate of drug-likeness (QED) is 0.478. The third-order valence-corrected chi connectivity index (χ3v) is 5.88. The third-order valence-electron chi connectivity index (χ3n) is 5.88. The molecular formula is C23H22N8O3. The number of carbonyl (C=O) groups is 2. The van der Waals surface area contributed by atoms with E-state index in [1.807, 2.05) is 26.1 Å². The number of amides is 2. The van der Waals surface area contributed by atoms with Crippen molar-refractivity contribution in [2.24, 2.45) is 13.0 Å². The second kappa shape index (κ2) is 8.15. The first-order valence-electron chi connectivity index (χ1n) is 10.8. The molecule has 172 valence electrons. The molecule has 11 nitrogen and oxygen atoms in total. The number of aromatic nitrogens is 5. The summed E-state index contributed by atoms with van der Waals surface area (Å²) < 4.78 is 7.22. The molecule has 1 atom stereocenters. The Morgan fingerprint density at radius 1 is 1.35 bits per heavy atom. The van der Waals surface area contributed by atoms with Crippen LogP contribution in [0.1, 0.15) is 12.5 Å². The lowest BCUT2D eigenvalue weighted by Gasteiger charge is -2.36. The van der Waals surface area contributed by atoms with Gasteiger partial charge in [0.05, 0.1) is 23.7 Å². The van der Waals surface area contributed by atoms with Crippen LogP contribution in [0.5, 0.6) is 5.75 Å². The number of carbonyl (C=O) groups excluding carboxylic acids is 2. The third kappa shape index (κ3) is 3.69. The molecule has 5 rings (SSSR count). The van der Waals surface area contributed by atoms with E-state index in [-0.39, 0.29) is 17.6 Å². The van der Waals surface area contributed by atoms with Crippen LogP contribution in [-0.2, 0) is 11.8 Å². The molecule has 1 aliphatic heterocycles. The Morgan fingerprint density at radius 3 is 2.91 bits per heavy atom. The second-order valence-electron chi connectivity index (χ2n) is 8.42. The first-order valence-corrected chi connectivity index (χ1v) is 10.8. The van der Waals surface area contributed by atoms with E-state index in [1.165, 1.54) is 11.1 Å². The maximum atomic E-state index is 12.4. The average Bonchev–Trinajstić information content (AvgIpc) is 3.33. The molecule has 0 spiro atoms. The van der Waals surface area contributed by atoms with Gasteiger partial charge >= 0.3 is 6.09 Å². The number of benzene rings is 1. The van der Waals surface area contributed by atoms with E-state index in [0.717, 1.165) is 16.5 Å². The minimum Gasteiger partial charge on any atom is -0.406 e. The number of hydrogen-bond donors (Lipinski definition) is 2. The Hall–Kier alpha value is -4.46. The van der Waals surface area contributed by atoms with Gasteiger partial charge in [-0.1, -0.05) is 12.1 Å². The van der Waals surface area contributed by atoms with Crippen molar-refractivity contribution >= 4 is 34.1 Å². The summed E-state index contributed by atoms with van der Waals surface area (Å²) in [6.45, 7) is 4.34. The van der Waals surface area contributed by atoms with Gasteiger partial charge in [0.15, 0.2) is 16.9 Å². The molecule has 4 aromatic rings. The first kappa shape index (κ1) is 21.4. The monoisotopic (exact) mass is 458 g/mol. The lowest BCUT2D eigenvalue weighted by atomic mass is 10.0. The van der Waals surface area contributed by atoms with Crippen molar-refractivity contribution in [3.63, 3.8) is 0 Å². The number of nitriles is 1. The Kier molecular flexibility index (Phi) is 5.13. The van der Waals surface area contributed by atoms with Crippen LogP contribution in [0, 0.1) is 24.2 Å². The summed E-state index contributed by atoms with van der Waals surface area (Å²) in [5.74, 6) is -0.227. The zero-order valence-corrected chi connectivity index (χ0v) is 18.9. The van der Waals surface area contributed by atoms with Crippen molar-refractivity contribution in [1.82, 2.24) is 34.9 Å². The molecule has 0 aliphatic carbocycles. The fraction of sp³-hybridized carbons (Fsp3) is 0.304. The van der Waals surface area contributed by atoms with Gasteiger partial charge in [-0.25, -0.2) is 14.8 Å². The molecule has 11 heteroatoms. The van der Waals surface area contributed by atoms with Crippen LogP contribution >= 0.6 is 0 Å². The van der Waals surface area contributed by atoms with Crippen LogP contribution in [0.4, 0.5) is 4.79 Å². The van der Waals surface area contributed by atoms with Gasteiger partial charge in [0.25, 0.3) is 0 Å². The second-order valence-corrected chi connectivity index (χ2v) is 8.42. The first-order chi connectivity index (χ1) is 16.3. The number of aromatic amines is 1. The van der Waals surface area contributed by atoms with E-state index in [2.05, 4.69) is 37.5 Å². The molecule has 2 N–H and O–H groups in total. The van der Waals surface area contributed by atoms with E-state index in [9.17, 15) is 9.59 Å². The Labute approximate surface area is 194 Å². The molecule has 1 aromatic carbocycles. The van der Waals surface area contributed by atoms with Crippen LogP contribution in [0.25, 0.3) is 33.5 Å². The molecule has 0 radical (unpaired) electrons. The summed E-state index contributed by atoms with van der Waals surface area (Å²) in [6, 6.07) is 7.38. The van der Waals surface area contributed by atoms with E-state index < -0.39 is 12.1 Å². The molecule has 1 aliphatic rings. The highest BCUT2D eigenvalue weighted by Crippen LogP contribution is 2.30. The molecule has 0 unspecified atom stereocenters. The number of nitrogens with one attached hydrogen (secondary N) is 2. The largest absolute Gasteiger partial charge is 0.413 e. The minimum absolute atomic E-state index is 0.151. The van der Waals surface area contributed by atoms with Gasteiger partial charge in [0.2, 0.25) is 5.91 Å². The van der Waals surface area contributed by atoms with Crippen LogP contribution in [0.15, 0.2) is 30.6 Å². The predicted octanol–water partition coefficient (Wildman–Crippen LogP) is 2.28. The summed E-state index contributed by atoms with van der Waals surface area (Å²) in [4.78, 5) is 38.3. The van der Waals surface area contributed by atoms with E-state index in [4.69, 9.17) is 10.00 Å². The number of H-pyrrole nitrogens is 1. The normalized spacial score (nSPS) is 14.6. The molecule has 4 heterocycles. The molecule has 2 amide bonds. The smallest absolute Gasteiger partial charge is 0.406 e. The van der Waals surface area contributed by atoms with Gasteiger partial charge in [-0.2, -0.15) is 10.4 Å². The summed E-state index contributed by atoms with van der Waals surface area (Å²) in [6.07, 6.45) is 2.32. The van der Waals surface area contributed by atoms with Gasteiger partial charge in [-0.15, -0.1) is 0 Å². The van der Waals surface area contributed by atoms with Crippen molar-refractivity contribution in [3.05, 3.63) is 36.2 Å². The van der Waals surface area contributed by atoms with E-state index in [0.29, 0.717) is 35.6 Å². The Balaban J connectivity index is 1.35. The van der Waals surface area contributed by atoms with Crippen molar-refractivity contribution in [2.45, 2.75) is 19.9 Å². The van der Waals surface area contributed by atoms with Crippen LogP contribution in [0.2, 0.25) is 0 Å². The molecule has 0 saturated carbocycles. The SMILES string of the molecule is Cc1ccc2c(-c3cnc4[nH]cc(OC(=O)N[C@H](C)C(=O)N5CC(C#N)C5)c4n3)nn(C)c2c1. The fourth-order valence-corrected chi connectivity index (χ4v) is 4.00. The number of ether oxygens (including phenoxy) is 1. The molecule has 1 saturated heterocycles. The maximum Gasteiger partial charge on any atom is 0.413 e. The highest BCUT2D eigenvalue weighted by Gasteiger charge is 2.33. The van der Waals surface area contributed by atoms with Crippen LogP contribution in [-0.4, -0.2) is 60.8 Å². The van der Waals surface area contributed by atoms with Crippen molar-refractivity contribution in [1.29, 1.82) is 5.26 Å². The number of fused-ring (bicyclic) bond motifs is 2. The number of nitrogens with zero attached hydrogens (tertiary/aromatic N) is 6. The summed E-state index contributed by atoms with van der Waals surface area (Å²) >= 11 is 0. The van der Waals surface area contributed by atoms with Gasteiger partial charge in [-0.05, 0) is 25.5 Å². The zero-order valence-electron chi connectivity index (χ0n) is 18.9. The lowest BCUT2D eigenvalue weighted by Crippen LogP contribution is -2.56. The minimum atomic E-state index is -0.790. The van der Waals surface area contributed by atoms with Gasteiger partial charge < -0.3 is 19.9 Å². The Bertz CT molecular complexity index is 1470. The molecule has 0 bridgehead atoms. The standard InChI is InChI=1S/C23H22N8O3/c1-12-4-5-15-17(6-12)30(3)29-19(15)16-8-25-21-20(28-16)18(9-26-21)34-23(33)27-13(2)22(32)31-10-14(7-24)11-31/h4-6,8-9,13-14H,10-11H2,1-3H3,(H,25,26)(H,27,33)/t13-/m1/s1. The van der Waals surface area contributed by atoms with E-state index >= 15 is 0 Å². The van der Waals surface area contributed by atoms with Gasteiger partial charge in [-0.3, -0.25) is 9.48 Å². The predicted molar refractivity (Wildman–Crippen MR) is 123 cm³/mol. The molecular weight excluding hydrogens is 436 g/mol. The zero-order chi connectivity index (χ0) is 24.0. The van der Waals surface area contributed by atoms with Gasteiger partial charge in [0, 0.05) is 31.7 Å². The van der Waals surface area contributed by atoms with E-state index in [1.54, 1.807) is 17.8 Å². The molecule has 3 aromatic heterocycles. The van der Waals surface area contributed by atoms with Crippen LogP contribution in [0.3, 0.4) is 0 Å². The van der Waals surface area contributed by atoms with Crippen LogP contribution < -0.4 is 10.1 Å². The van der Waals surface area contributed by atoms with Crippen molar-refractivity contribution in [3.8, 4) is 23.2 Å². The summed E-state index contributed by atoms with van der Waals surface area (Å²) in [5.41, 5.74) is 4.14. The van der Waals surface area contributed by atoms with Gasteiger partial charge in [0.1, 0.15) is 17.4 Å². The number of likely N-dealkylation sites (tertiary alicyclic amines) is 1. The highest BCUT2D eigenvalue weighted by molar-refractivity contribution is 5.94. The topological polar surface area (TPSA) is 142 Å². The summed E-state index contributed by atoms with van der Waals surface area (Å²) in [7, 11) is 1.87. The molecule has 1 fully saturated rings. The average molecular weight is 458 g/mol. The lowest BCUT2D eigenvalue weighted by molar-refractivity contribution is -0.137. The number of rotatable bonds is 4.